The maximum Gasteiger partial charge on any atom is 0.306 e. The van der Waals surface area contributed by atoms with Crippen LogP contribution >= 0.6 is 7.37 Å². The normalized spacial score (nSPS) is 14.6. The number of benzene rings is 2. The molecular formula is C19H23O4P. The topological polar surface area (TPSA) is 52.6 Å². The molecule has 0 aliphatic rings. The van der Waals surface area contributed by atoms with E-state index in [9.17, 15) is 9.36 Å². The summed E-state index contributed by atoms with van der Waals surface area (Å²) in [6, 6.07) is 18.1. The predicted molar refractivity (Wildman–Crippen MR) is 95.5 cm³/mol. The van der Waals surface area contributed by atoms with Crippen LogP contribution in [-0.2, 0) is 18.6 Å². The van der Waals surface area contributed by atoms with Crippen LogP contribution in [0.2, 0.25) is 0 Å². The fraction of sp³-hybridized carbons (Fsp3) is 0.316. The molecule has 0 aromatic heterocycles. The zero-order valence-corrected chi connectivity index (χ0v) is 14.9. The van der Waals surface area contributed by atoms with E-state index in [1.165, 1.54) is 0 Å². The summed E-state index contributed by atoms with van der Waals surface area (Å²) in [5.41, 5.74) is 0.669. The van der Waals surface area contributed by atoms with Crippen molar-refractivity contribution in [1.82, 2.24) is 0 Å². The summed E-state index contributed by atoms with van der Waals surface area (Å²) in [5.74, 6) is -1.32. The first-order valence-electron chi connectivity index (χ1n) is 8.16. The van der Waals surface area contributed by atoms with Crippen molar-refractivity contribution in [2.75, 3.05) is 6.61 Å². The molecule has 0 saturated carbocycles. The molecular weight excluding hydrogens is 323 g/mol. The summed E-state index contributed by atoms with van der Waals surface area (Å²) >= 11 is 0. The lowest BCUT2D eigenvalue weighted by molar-refractivity contribution is -0.146. The Bertz CT molecular complexity index is 685. The van der Waals surface area contributed by atoms with E-state index < -0.39 is 13.2 Å². The molecule has 0 aliphatic carbocycles. The van der Waals surface area contributed by atoms with Gasteiger partial charge >= 0.3 is 5.97 Å². The number of rotatable bonds is 8. The van der Waals surface area contributed by atoms with Crippen molar-refractivity contribution in [2.24, 2.45) is 0 Å². The van der Waals surface area contributed by atoms with E-state index >= 15 is 0 Å². The molecule has 2 aromatic carbocycles. The van der Waals surface area contributed by atoms with Crippen molar-refractivity contribution in [1.29, 1.82) is 0 Å². The molecule has 0 saturated heterocycles. The van der Waals surface area contributed by atoms with Crippen LogP contribution in [0.3, 0.4) is 0 Å². The van der Waals surface area contributed by atoms with Gasteiger partial charge in [-0.05, 0) is 25.5 Å². The number of carbonyl (C=O) groups excluding carboxylic acids is 1. The van der Waals surface area contributed by atoms with Gasteiger partial charge in [0.05, 0.1) is 6.61 Å². The Kier molecular flexibility index (Phi) is 6.77. The third-order valence-electron chi connectivity index (χ3n) is 3.53. The lowest BCUT2D eigenvalue weighted by Crippen LogP contribution is -2.19. The summed E-state index contributed by atoms with van der Waals surface area (Å²) in [5, 5.41) is 0.546. The SMILES string of the molecule is CCCC(=O)O[C@@H](c1ccccc1)P(=O)(OCC)c1ccccc1. The second-order valence-electron chi connectivity index (χ2n) is 5.35. The Morgan fingerprint density at radius 3 is 2.12 bits per heavy atom. The minimum absolute atomic E-state index is 0.265. The van der Waals surface area contributed by atoms with Crippen molar-refractivity contribution in [2.45, 2.75) is 32.5 Å². The average Bonchev–Trinajstić information content (AvgIpc) is 2.61. The molecule has 0 aliphatic heterocycles. The minimum atomic E-state index is -3.42. The first kappa shape index (κ1) is 18.4. The van der Waals surface area contributed by atoms with Gasteiger partial charge in [-0.25, -0.2) is 0 Å². The van der Waals surface area contributed by atoms with Gasteiger partial charge in [0.15, 0.2) is 0 Å². The van der Waals surface area contributed by atoms with E-state index in [1.807, 2.05) is 31.2 Å². The summed E-state index contributed by atoms with van der Waals surface area (Å²) in [7, 11) is -3.42. The Morgan fingerprint density at radius 2 is 1.58 bits per heavy atom. The van der Waals surface area contributed by atoms with Crippen LogP contribution in [-0.4, -0.2) is 12.6 Å². The van der Waals surface area contributed by atoms with E-state index in [1.54, 1.807) is 43.3 Å². The number of ether oxygens (including phenoxy) is 1. The molecule has 2 atom stereocenters. The lowest BCUT2D eigenvalue weighted by atomic mass is 10.2. The van der Waals surface area contributed by atoms with Crippen molar-refractivity contribution in [3.05, 3.63) is 66.2 Å². The molecule has 2 aromatic rings. The minimum Gasteiger partial charge on any atom is -0.447 e. The zero-order chi connectivity index (χ0) is 17.4. The van der Waals surface area contributed by atoms with E-state index in [4.69, 9.17) is 9.26 Å². The van der Waals surface area contributed by atoms with Gasteiger partial charge < -0.3 is 9.26 Å². The highest BCUT2D eigenvalue weighted by Crippen LogP contribution is 2.59. The van der Waals surface area contributed by atoms with E-state index in [0.29, 0.717) is 17.3 Å². The number of carbonyl (C=O) groups is 1. The van der Waals surface area contributed by atoms with E-state index in [0.717, 1.165) is 0 Å². The first-order valence-corrected chi connectivity index (χ1v) is 9.85. The maximum atomic E-state index is 13.8. The standard InChI is InChI=1S/C19H23O4P/c1-3-11-18(20)23-19(16-12-7-5-8-13-16)24(21,22-4-2)17-14-9-6-10-15-17/h5-10,12-15,19H,3-4,11H2,1-2H3/t19-,24?/m1/s1. The third-order valence-corrected chi connectivity index (χ3v) is 6.21. The fourth-order valence-electron chi connectivity index (χ4n) is 2.44. The number of esters is 1. The van der Waals surface area contributed by atoms with Gasteiger partial charge in [-0.15, -0.1) is 0 Å². The molecule has 0 heterocycles. The number of hydrogen-bond donors (Lipinski definition) is 0. The monoisotopic (exact) mass is 346 g/mol. The molecule has 0 N–H and O–H groups in total. The van der Waals surface area contributed by atoms with Gasteiger partial charge in [0.1, 0.15) is 0 Å². The molecule has 0 spiro atoms. The Labute approximate surface area is 143 Å². The van der Waals surface area contributed by atoms with Gasteiger partial charge in [-0.3, -0.25) is 9.36 Å². The van der Waals surface area contributed by atoms with Crippen molar-refractivity contribution in [3.63, 3.8) is 0 Å². The quantitative estimate of drug-likeness (QED) is 0.515. The lowest BCUT2D eigenvalue weighted by Gasteiger charge is -2.27. The zero-order valence-electron chi connectivity index (χ0n) is 14.1. The molecule has 5 heteroatoms. The molecule has 24 heavy (non-hydrogen) atoms. The van der Waals surface area contributed by atoms with E-state index in [2.05, 4.69) is 0 Å². The Morgan fingerprint density at radius 1 is 1.00 bits per heavy atom. The van der Waals surface area contributed by atoms with Crippen LogP contribution in [0.4, 0.5) is 0 Å². The van der Waals surface area contributed by atoms with Gasteiger partial charge in [0.2, 0.25) is 5.85 Å². The van der Waals surface area contributed by atoms with Crippen LogP contribution in [0.25, 0.3) is 0 Å². The highest BCUT2D eigenvalue weighted by atomic mass is 31.2. The van der Waals surface area contributed by atoms with Crippen LogP contribution < -0.4 is 5.30 Å². The van der Waals surface area contributed by atoms with Crippen molar-refractivity contribution < 1.29 is 18.6 Å². The Balaban J connectivity index is 2.49. The molecule has 0 amide bonds. The van der Waals surface area contributed by atoms with Crippen molar-refractivity contribution in [3.8, 4) is 0 Å². The molecule has 1 unspecified atom stereocenters. The first-order chi connectivity index (χ1) is 11.6. The highest BCUT2D eigenvalue weighted by molar-refractivity contribution is 7.67. The molecule has 2 rings (SSSR count). The van der Waals surface area contributed by atoms with Crippen LogP contribution in [0.15, 0.2) is 60.7 Å². The third kappa shape index (κ3) is 4.34. The molecule has 0 radical (unpaired) electrons. The highest BCUT2D eigenvalue weighted by Gasteiger charge is 2.40. The summed E-state index contributed by atoms with van der Waals surface area (Å²) in [6.07, 6.45) is 0.953. The van der Waals surface area contributed by atoms with Crippen molar-refractivity contribution >= 4 is 18.6 Å². The fourth-order valence-corrected chi connectivity index (χ4v) is 4.79. The number of hydrogen-bond acceptors (Lipinski definition) is 4. The molecule has 0 bridgehead atoms. The van der Waals surface area contributed by atoms with E-state index in [-0.39, 0.29) is 19.0 Å². The van der Waals surface area contributed by atoms with Crippen LogP contribution in [0.1, 0.15) is 38.1 Å². The van der Waals surface area contributed by atoms with Crippen LogP contribution in [0, 0.1) is 0 Å². The smallest absolute Gasteiger partial charge is 0.306 e. The molecule has 4 nitrogen and oxygen atoms in total. The molecule has 0 fully saturated rings. The Hall–Kier alpha value is -1.90. The summed E-state index contributed by atoms with van der Waals surface area (Å²) < 4.78 is 25.1. The van der Waals surface area contributed by atoms with Gasteiger partial charge in [0, 0.05) is 17.3 Å². The maximum absolute atomic E-state index is 13.8. The molecule has 128 valence electrons. The van der Waals surface area contributed by atoms with Gasteiger partial charge in [-0.2, -0.15) is 0 Å². The largest absolute Gasteiger partial charge is 0.447 e. The van der Waals surface area contributed by atoms with Gasteiger partial charge in [-0.1, -0.05) is 55.5 Å². The predicted octanol–water partition coefficient (Wildman–Crippen LogP) is 4.67. The summed E-state index contributed by atoms with van der Waals surface area (Å²) in [6.45, 7) is 3.95. The average molecular weight is 346 g/mol. The van der Waals surface area contributed by atoms with Crippen LogP contribution in [0.5, 0.6) is 0 Å². The van der Waals surface area contributed by atoms with Gasteiger partial charge in [0.25, 0.3) is 7.37 Å². The second kappa shape index (κ2) is 8.81. The second-order valence-corrected chi connectivity index (χ2v) is 7.79. The summed E-state index contributed by atoms with van der Waals surface area (Å²) in [4.78, 5) is 12.1.